The minimum absolute atomic E-state index is 0.366. The Morgan fingerprint density at radius 2 is 2.25 bits per heavy atom. The molecule has 0 heterocycles. The molecule has 0 saturated carbocycles. The van der Waals surface area contributed by atoms with Gasteiger partial charge in [0.25, 0.3) is 0 Å². The van der Waals surface area contributed by atoms with Gasteiger partial charge in [-0.25, -0.2) is 4.79 Å². The molecule has 2 amide bonds. The van der Waals surface area contributed by atoms with E-state index in [0.717, 1.165) is 0 Å². The zero-order valence-electron chi connectivity index (χ0n) is 9.05. The highest BCUT2D eigenvalue weighted by molar-refractivity contribution is 5.92. The standard InChI is InChI=1S/C12H13N3O/c1-2-3-8-15(12(14)16)11-7-5-4-6-10(11)9-13/h2-7H,8H2,1H3,(H2,14,16). The summed E-state index contributed by atoms with van der Waals surface area (Å²) in [6, 6.07) is 8.33. The normalized spacial score (nSPS) is 10.0. The summed E-state index contributed by atoms with van der Waals surface area (Å²) in [4.78, 5) is 12.6. The summed E-state index contributed by atoms with van der Waals surface area (Å²) in [5, 5.41) is 8.93. The van der Waals surface area contributed by atoms with Crippen molar-refractivity contribution in [2.75, 3.05) is 11.4 Å². The zero-order valence-corrected chi connectivity index (χ0v) is 9.05. The number of nitriles is 1. The number of amides is 2. The van der Waals surface area contributed by atoms with Crippen LogP contribution in [-0.2, 0) is 0 Å². The van der Waals surface area contributed by atoms with E-state index in [1.54, 1.807) is 30.3 Å². The molecule has 0 atom stereocenters. The first-order valence-corrected chi connectivity index (χ1v) is 4.88. The van der Waals surface area contributed by atoms with Crippen LogP contribution in [0.1, 0.15) is 12.5 Å². The lowest BCUT2D eigenvalue weighted by atomic mass is 10.2. The van der Waals surface area contributed by atoms with Gasteiger partial charge in [-0.15, -0.1) is 0 Å². The molecule has 1 aromatic carbocycles. The van der Waals surface area contributed by atoms with Crippen LogP contribution >= 0.6 is 0 Å². The van der Waals surface area contributed by atoms with E-state index in [1.807, 2.05) is 19.1 Å². The number of carbonyl (C=O) groups is 1. The fraction of sp³-hybridized carbons (Fsp3) is 0.167. The molecule has 1 rings (SSSR count). The average Bonchev–Trinajstić information content (AvgIpc) is 2.29. The number of anilines is 1. The van der Waals surface area contributed by atoms with E-state index in [9.17, 15) is 4.79 Å². The maximum absolute atomic E-state index is 11.3. The van der Waals surface area contributed by atoms with Gasteiger partial charge in [-0.2, -0.15) is 5.26 Å². The Morgan fingerprint density at radius 1 is 1.56 bits per heavy atom. The van der Waals surface area contributed by atoms with E-state index < -0.39 is 6.03 Å². The number of rotatable bonds is 3. The average molecular weight is 215 g/mol. The second kappa shape index (κ2) is 5.56. The highest BCUT2D eigenvalue weighted by Crippen LogP contribution is 2.19. The van der Waals surface area contributed by atoms with Crippen LogP contribution in [0.5, 0.6) is 0 Å². The van der Waals surface area contributed by atoms with E-state index >= 15 is 0 Å². The summed E-state index contributed by atoms with van der Waals surface area (Å²) < 4.78 is 0. The van der Waals surface area contributed by atoms with Crippen molar-refractivity contribution in [2.24, 2.45) is 5.73 Å². The molecule has 1 aromatic rings. The number of hydrogen-bond donors (Lipinski definition) is 1. The fourth-order valence-electron chi connectivity index (χ4n) is 1.32. The molecule has 0 bridgehead atoms. The third-order valence-electron chi connectivity index (χ3n) is 2.11. The van der Waals surface area contributed by atoms with Gasteiger partial charge in [0.2, 0.25) is 0 Å². The van der Waals surface area contributed by atoms with Gasteiger partial charge < -0.3 is 5.73 Å². The number of nitrogens with zero attached hydrogens (tertiary/aromatic N) is 2. The highest BCUT2D eigenvalue weighted by Gasteiger charge is 2.13. The molecule has 4 nitrogen and oxygen atoms in total. The number of primary amides is 1. The summed E-state index contributed by atoms with van der Waals surface area (Å²) in [6.45, 7) is 2.22. The number of allylic oxidation sites excluding steroid dienone is 1. The third-order valence-corrected chi connectivity index (χ3v) is 2.11. The van der Waals surface area contributed by atoms with Crippen molar-refractivity contribution in [3.8, 4) is 6.07 Å². The summed E-state index contributed by atoms with van der Waals surface area (Å²) in [7, 11) is 0. The van der Waals surface area contributed by atoms with Crippen molar-refractivity contribution >= 4 is 11.7 Å². The van der Waals surface area contributed by atoms with Crippen LogP contribution in [0.4, 0.5) is 10.5 Å². The molecule has 0 unspecified atom stereocenters. The molecule has 0 aliphatic carbocycles. The number of benzene rings is 1. The van der Waals surface area contributed by atoms with Gasteiger partial charge in [-0.05, 0) is 19.1 Å². The molecule has 0 aliphatic rings. The maximum atomic E-state index is 11.3. The second-order valence-corrected chi connectivity index (χ2v) is 3.15. The molecule has 0 aromatic heterocycles. The molecule has 0 spiro atoms. The van der Waals surface area contributed by atoms with Gasteiger partial charge in [0.05, 0.1) is 11.3 Å². The molecule has 0 aliphatic heterocycles. The van der Waals surface area contributed by atoms with E-state index in [-0.39, 0.29) is 0 Å². The first kappa shape index (κ1) is 11.8. The molecule has 2 N–H and O–H groups in total. The van der Waals surface area contributed by atoms with Crippen molar-refractivity contribution in [1.29, 1.82) is 5.26 Å². The van der Waals surface area contributed by atoms with E-state index in [0.29, 0.717) is 17.8 Å². The van der Waals surface area contributed by atoms with Gasteiger partial charge in [0, 0.05) is 6.54 Å². The molecule has 0 radical (unpaired) electrons. The molecule has 4 heteroatoms. The summed E-state index contributed by atoms with van der Waals surface area (Å²) >= 11 is 0. The van der Waals surface area contributed by atoms with E-state index in [1.165, 1.54) is 4.90 Å². The topological polar surface area (TPSA) is 70.1 Å². The first-order valence-electron chi connectivity index (χ1n) is 4.88. The van der Waals surface area contributed by atoms with Crippen molar-refractivity contribution < 1.29 is 4.79 Å². The molecular formula is C12H13N3O. The van der Waals surface area contributed by atoms with Crippen LogP contribution in [-0.4, -0.2) is 12.6 Å². The van der Waals surface area contributed by atoms with Crippen LogP contribution in [0.3, 0.4) is 0 Å². The van der Waals surface area contributed by atoms with E-state index in [4.69, 9.17) is 11.0 Å². The minimum atomic E-state index is -0.569. The maximum Gasteiger partial charge on any atom is 0.319 e. The number of para-hydroxylation sites is 1. The second-order valence-electron chi connectivity index (χ2n) is 3.15. The fourth-order valence-corrected chi connectivity index (χ4v) is 1.32. The number of hydrogen-bond acceptors (Lipinski definition) is 2. The zero-order chi connectivity index (χ0) is 12.0. The van der Waals surface area contributed by atoms with Crippen molar-refractivity contribution in [3.63, 3.8) is 0 Å². The van der Waals surface area contributed by atoms with Gasteiger partial charge in [0.1, 0.15) is 6.07 Å². The quantitative estimate of drug-likeness (QED) is 0.783. The Morgan fingerprint density at radius 3 is 2.81 bits per heavy atom. The molecular weight excluding hydrogens is 202 g/mol. The van der Waals surface area contributed by atoms with Crippen molar-refractivity contribution in [1.82, 2.24) is 0 Å². The Balaban J connectivity index is 3.11. The lowest BCUT2D eigenvalue weighted by molar-refractivity contribution is 0.254. The number of carbonyl (C=O) groups excluding carboxylic acids is 1. The predicted molar refractivity (Wildman–Crippen MR) is 62.9 cm³/mol. The Bertz CT molecular complexity index is 446. The summed E-state index contributed by atoms with van der Waals surface area (Å²) in [6.07, 6.45) is 3.63. The van der Waals surface area contributed by atoms with Gasteiger partial charge >= 0.3 is 6.03 Å². The van der Waals surface area contributed by atoms with Crippen LogP contribution in [0, 0.1) is 11.3 Å². The Labute approximate surface area is 94.6 Å². The SMILES string of the molecule is CC=CCN(C(N)=O)c1ccccc1C#N. The number of urea groups is 1. The van der Waals surface area contributed by atoms with Gasteiger partial charge in [-0.3, -0.25) is 4.90 Å². The first-order chi connectivity index (χ1) is 7.70. The van der Waals surface area contributed by atoms with Gasteiger partial charge in [-0.1, -0.05) is 24.3 Å². The predicted octanol–water partition coefficient (Wildman–Crippen LogP) is 2.02. The molecule has 0 saturated heterocycles. The van der Waals surface area contributed by atoms with Crippen LogP contribution in [0.15, 0.2) is 36.4 Å². The summed E-state index contributed by atoms with van der Waals surface area (Å²) in [5.41, 5.74) is 6.25. The van der Waals surface area contributed by atoms with E-state index in [2.05, 4.69) is 0 Å². The van der Waals surface area contributed by atoms with Crippen molar-refractivity contribution in [2.45, 2.75) is 6.92 Å². The highest BCUT2D eigenvalue weighted by atomic mass is 16.2. The van der Waals surface area contributed by atoms with Gasteiger partial charge in [0.15, 0.2) is 0 Å². The third kappa shape index (κ3) is 2.61. The van der Waals surface area contributed by atoms with Crippen molar-refractivity contribution in [3.05, 3.63) is 42.0 Å². The lowest BCUT2D eigenvalue weighted by Crippen LogP contribution is -2.36. The Hall–Kier alpha value is -2.28. The summed E-state index contributed by atoms with van der Waals surface area (Å²) in [5.74, 6) is 0. The lowest BCUT2D eigenvalue weighted by Gasteiger charge is -2.19. The molecule has 0 fully saturated rings. The monoisotopic (exact) mass is 215 g/mol. The van der Waals surface area contributed by atoms with Crippen LogP contribution in [0.25, 0.3) is 0 Å². The smallest absolute Gasteiger partial charge is 0.319 e. The molecule has 82 valence electrons. The molecule has 16 heavy (non-hydrogen) atoms. The minimum Gasteiger partial charge on any atom is -0.351 e. The Kier molecular flexibility index (Phi) is 4.10. The number of nitrogens with two attached hydrogens (primary N) is 1. The largest absolute Gasteiger partial charge is 0.351 e. The van der Waals surface area contributed by atoms with Crippen LogP contribution < -0.4 is 10.6 Å². The van der Waals surface area contributed by atoms with Crippen LogP contribution in [0.2, 0.25) is 0 Å².